The Morgan fingerprint density at radius 2 is 2.13 bits per heavy atom. The highest BCUT2D eigenvalue weighted by molar-refractivity contribution is 7.94. The molecule has 1 fully saturated rings. The molecule has 1 saturated carbocycles. The Morgan fingerprint density at radius 3 is 2.74 bits per heavy atom. The second kappa shape index (κ2) is 6.19. The summed E-state index contributed by atoms with van der Waals surface area (Å²) in [6.45, 7) is 4.01. The van der Waals surface area contributed by atoms with E-state index in [2.05, 4.69) is 18.0 Å². The van der Waals surface area contributed by atoms with E-state index in [9.17, 15) is 12.7 Å². The van der Waals surface area contributed by atoms with Crippen molar-refractivity contribution in [3.63, 3.8) is 0 Å². The van der Waals surface area contributed by atoms with Crippen molar-refractivity contribution in [2.24, 2.45) is 17.3 Å². The molecule has 1 aromatic rings. The highest BCUT2D eigenvalue weighted by Crippen LogP contribution is 2.64. The van der Waals surface area contributed by atoms with Crippen LogP contribution in [-0.4, -0.2) is 4.98 Å². The molecule has 0 aliphatic heterocycles. The molecule has 3 unspecified atom stereocenters. The van der Waals surface area contributed by atoms with Gasteiger partial charge in [0.25, 0.3) is 0 Å². The van der Waals surface area contributed by atoms with E-state index < -0.39 is 11.7 Å². The second-order valence-electron chi connectivity index (χ2n) is 6.28. The number of pyridine rings is 1. The molecule has 0 saturated heterocycles. The zero-order chi connectivity index (χ0) is 16.6. The second-order valence-corrected chi connectivity index (χ2v) is 6.91. The lowest BCUT2D eigenvalue weighted by Crippen LogP contribution is -2.21. The molecule has 0 bridgehead atoms. The minimum absolute atomic E-state index is 0.0954. The summed E-state index contributed by atoms with van der Waals surface area (Å²) >= 11 is 0.0954. The fraction of sp³-hybridized carbons (Fsp3) is 0.389. The molecule has 0 spiro atoms. The molecule has 5 heteroatoms. The lowest BCUT2D eigenvalue weighted by atomic mass is 9.75. The summed E-state index contributed by atoms with van der Waals surface area (Å²) in [4.78, 5) is 4.58. The number of halogens is 3. The van der Waals surface area contributed by atoms with Crippen LogP contribution in [0.15, 0.2) is 53.1 Å². The maximum Gasteiger partial charge on any atom is 0.131 e. The van der Waals surface area contributed by atoms with Crippen molar-refractivity contribution in [1.82, 2.24) is 4.98 Å². The number of aromatic nitrogens is 1. The number of hydrogen-bond acceptors (Lipinski definition) is 2. The Bertz CT molecular complexity index is 710. The minimum atomic E-state index is -0.602. The average molecular weight is 337 g/mol. The summed E-state index contributed by atoms with van der Waals surface area (Å²) in [5.74, 6) is -1.01. The predicted octanol–water partition coefficient (Wildman–Crippen LogP) is 6.21. The van der Waals surface area contributed by atoms with Crippen LogP contribution in [0.1, 0.15) is 32.4 Å². The molecule has 3 rings (SSSR count). The van der Waals surface area contributed by atoms with Gasteiger partial charge in [-0.05, 0) is 36.8 Å². The zero-order valence-corrected chi connectivity index (χ0v) is 13.8. The molecule has 122 valence electrons. The van der Waals surface area contributed by atoms with Gasteiger partial charge in [-0.2, -0.15) is 3.89 Å². The number of rotatable bonds is 4. The Kier molecular flexibility index (Phi) is 4.41. The molecule has 2 aliphatic rings. The van der Waals surface area contributed by atoms with Gasteiger partial charge in [0.15, 0.2) is 0 Å². The molecule has 1 nitrogen and oxygen atoms in total. The number of hydrogen-bond donors (Lipinski definition) is 0. The van der Waals surface area contributed by atoms with Crippen LogP contribution in [0.3, 0.4) is 0 Å². The smallest absolute Gasteiger partial charge is 0.131 e. The van der Waals surface area contributed by atoms with E-state index in [1.54, 1.807) is 0 Å². The first-order chi connectivity index (χ1) is 11.0. The summed E-state index contributed by atoms with van der Waals surface area (Å²) in [7, 11) is 0. The number of nitrogens with zero attached hydrogens (tertiary/aromatic N) is 1. The zero-order valence-electron chi connectivity index (χ0n) is 13.0. The van der Waals surface area contributed by atoms with Crippen LogP contribution in [0, 0.1) is 17.3 Å². The van der Waals surface area contributed by atoms with Crippen molar-refractivity contribution >= 4 is 17.7 Å². The molecular formula is C18H18F3NS. The molecule has 0 amide bonds. The van der Waals surface area contributed by atoms with Crippen LogP contribution in [0.25, 0.3) is 5.57 Å². The molecule has 0 N–H and O–H groups in total. The largest absolute Gasteiger partial charge is 0.256 e. The molecule has 0 radical (unpaired) electrons. The first-order valence-electron chi connectivity index (χ1n) is 7.66. The summed E-state index contributed by atoms with van der Waals surface area (Å²) in [5, 5.41) is 0. The van der Waals surface area contributed by atoms with Crippen molar-refractivity contribution in [2.45, 2.75) is 31.6 Å². The van der Waals surface area contributed by atoms with Gasteiger partial charge in [0.1, 0.15) is 11.7 Å². The quantitative estimate of drug-likeness (QED) is 0.605. The lowest BCUT2D eigenvalue weighted by molar-refractivity contribution is 0.387. The molecule has 23 heavy (non-hydrogen) atoms. The summed E-state index contributed by atoms with van der Waals surface area (Å²) < 4.78 is 41.4. The van der Waals surface area contributed by atoms with Crippen molar-refractivity contribution in [2.75, 3.05) is 0 Å². The normalized spacial score (nSPS) is 30.7. The minimum Gasteiger partial charge on any atom is -0.256 e. The van der Waals surface area contributed by atoms with E-state index in [4.69, 9.17) is 0 Å². The van der Waals surface area contributed by atoms with E-state index in [-0.39, 0.29) is 29.9 Å². The van der Waals surface area contributed by atoms with E-state index >= 15 is 0 Å². The molecule has 1 heterocycles. The average Bonchev–Trinajstić information content (AvgIpc) is 3.18. The SMILES string of the molecule is CC=CC1(C2CC(F)=CC(F)=C2c2cc(SF)ccn2)CC1C. The Labute approximate surface area is 138 Å². The fourth-order valence-corrected chi connectivity index (χ4v) is 3.99. The summed E-state index contributed by atoms with van der Waals surface area (Å²) in [6, 6.07) is 3.06. The maximum absolute atomic E-state index is 14.6. The molecule has 2 aliphatic carbocycles. The van der Waals surface area contributed by atoms with Gasteiger partial charge in [-0.25, -0.2) is 8.78 Å². The summed E-state index contributed by atoms with van der Waals surface area (Å²) in [6.07, 6.45) is 7.44. The Morgan fingerprint density at radius 1 is 1.39 bits per heavy atom. The topological polar surface area (TPSA) is 12.9 Å². The first-order valence-corrected chi connectivity index (χ1v) is 8.38. The third kappa shape index (κ3) is 2.87. The highest BCUT2D eigenvalue weighted by Gasteiger charge is 2.56. The van der Waals surface area contributed by atoms with Gasteiger partial charge < -0.3 is 0 Å². The Hall–Kier alpha value is -1.49. The van der Waals surface area contributed by atoms with Gasteiger partial charge in [-0.3, -0.25) is 4.98 Å². The van der Waals surface area contributed by atoms with E-state index in [1.807, 2.05) is 13.0 Å². The van der Waals surface area contributed by atoms with Gasteiger partial charge in [0.05, 0.1) is 17.8 Å². The van der Waals surface area contributed by atoms with Gasteiger partial charge in [-0.1, -0.05) is 19.1 Å². The van der Waals surface area contributed by atoms with Gasteiger partial charge >= 0.3 is 0 Å². The van der Waals surface area contributed by atoms with E-state index in [0.29, 0.717) is 22.1 Å². The Balaban J connectivity index is 2.11. The summed E-state index contributed by atoms with van der Waals surface area (Å²) in [5.41, 5.74) is 0.541. The van der Waals surface area contributed by atoms with Crippen LogP contribution in [0.5, 0.6) is 0 Å². The third-order valence-electron chi connectivity index (χ3n) is 4.93. The predicted molar refractivity (Wildman–Crippen MR) is 87.6 cm³/mol. The molecule has 1 aromatic heterocycles. The van der Waals surface area contributed by atoms with Crippen molar-refractivity contribution in [1.29, 1.82) is 0 Å². The monoisotopic (exact) mass is 337 g/mol. The van der Waals surface area contributed by atoms with Crippen LogP contribution >= 0.6 is 12.1 Å². The standard InChI is InChI=1S/C18H18F3NS/c1-3-5-18(10-11(18)2)14-7-12(19)8-15(20)17(14)16-9-13(23-21)4-6-22-16/h3-6,8-9,11,14H,7,10H2,1-2H3. The molecule has 3 atom stereocenters. The fourth-order valence-electron chi connectivity index (χ4n) is 3.72. The van der Waals surface area contributed by atoms with E-state index in [1.165, 1.54) is 18.3 Å². The van der Waals surface area contributed by atoms with Crippen molar-refractivity contribution in [3.05, 3.63) is 53.9 Å². The van der Waals surface area contributed by atoms with Gasteiger partial charge in [0.2, 0.25) is 0 Å². The van der Waals surface area contributed by atoms with Crippen LogP contribution in [0.4, 0.5) is 12.7 Å². The van der Waals surface area contributed by atoms with Crippen LogP contribution in [0.2, 0.25) is 0 Å². The maximum atomic E-state index is 14.6. The van der Waals surface area contributed by atoms with E-state index in [0.717, 1.165) is 12.5 Å². The third-order valence-corrected chi connectivity index (χ3v) is 5.36. The number of allylic oxidation sites excluding steroid dienone is 6. The van der Waals surface area contributed by atoms with Gasteiger partial charge in [0, 0.05) is 35.1 Å². The molecule has 0 aromatic carbocycles. The van der Waals surface area contributed by atoms with Crippen LogP contribution < -0.4 is 0 Å². The molecular weight excluding hydrogens is 319 g/mol. The van der Waals surface area contributed by atoms with Crippen molar-refractivity contribution < 1.29 is 12.7 Å². The highest BCUT2D eigenvalue weighted by atomic mass is 32.2. The van der Waals surface area contributed by atoms with Crippen LogP contribution in [-0.2, 0) is 0 Å². The van der Waals surface area contributed by atoms with Gasteiger partial charge in [-0.15, -0.1) is 0 Å². The lowest BCUT2D eigenvalue weighted by Gasteiger charge is -2.30. The van der Waals surface area contributed by atoms with Crippen molar-refractivity contribution in [3.8, 4) is 0 Å². The first kappa shape index (κ1) is 16.4.